The normalized spacial score (nSPS) is 23.0. The number of likely N-dealkylation sites (N-methyl/N-ethyl adjacent to an activating group) is 1. The van der Waals surface area contributed by atoms with Gasteiger partial charge in [-0.1, -0.05) is 0 Å². The second kappa shape index (κ2) is 7.83. The van der Waals surface area contributed by atoms with Crippen LogP contribution < -0.4 is 5.32 Å². The van der Waals surface area contributed by atoms with Gasteiger partial charge in [-0.25, -0.2) is 4.79 Å². The number of amides is 2. The van der Waals surface area contributed by atoms with Crippen LogP contribution in [0.2, 0.25) is 0 Å². The lowest BCUT2D eigenvalue weighted by Gasteiger charge is -2.47. The zero-order chi connectivity index (χ0) is 18.5. The lowest BCUT2D eigenvalue weighted by atomic mass is 9.67. The minimum Gasteiger partial charge on any atom is -0.468 e. The molecule has 0 aromatic carbocycles. The summed E-state index contributed by atoms with van der Waals surface area (Å²) in [6, 6.07) is 0. The van der Waals surface area contributed by atoms with Crippen LogP contribution in [0.3, 0.4) is 0 Å². The summed E-state index contributed by atoms with van der Waals surface area (Å²) in [6.07, 6.45) is -0.0836. The summed E-state index contributed by atoms with van der Waals surface area (Å²) in [5.74, 6) is -0.970. The maximum absolute atomic E-state index is 12.9. The molecule has 0 aliphatic heterocycles. The molecule has 1 rings (SSSR count). The number of carbonyl (C=O) groups is 3. The van der Waals surface area contributed by atoms with Crippen LogP contribution in [0.4, 0.5) is 4.79 Å². The first-order valence-electron chi connectivity index (χ1n) is 8.05. The number of methoxy groups -OCH3 is 1. The molecule has 0 unspecified atom stereocenters. The topological polar surface area (TPSA) is 105 Å². The maximum Gasteiger partial charge on any atom is 0.408 e. The Hall–Kier alpha value is -1.83. The van der Waals surface area contributed by atoms with Crippen molar-refractivity contribution >= 4 is 18.0 Å². The minimum absolute atomic E-state index is 0.0614. The number of carbonyl (C=O) groups excluding carboxylic acids is 3. The summed E-state index contributed by atoms with van der Waals surface area (Å²) in [7, 11) is 1.25. The predicted molar refractivity (Wildman–Crippen MR) is 86.2 cm³/mol. The van der Waals surface area contributed by atoms with E-state index in [-0.39, 0.29) is 25.0 Å². The Labute approximate surface area is 142 Å². The number of alkyl carbamates (subject to hydrolysis) is 1. The van der Waals surface area contributed by atoms with Gasteiger partial charge in [0.1, 0.15) is 17.7 Å². The average Bonchev–Trinajstić information content (AvgIpc) is 2.45. The number of aliphatic hydroxyl groups is 1. The molecular weight excluding hydrogens is 316 g/mol. The Morgan fingerprint density at radius 1 is 1.29 bits per heavy atom. The molecule has 2 amide bonds. The summed E-state index contributed by atoms with van der Waals surface area (Å²) in [5, 5.41) is 11.9. The van der Waals surface area contributed by atoms with E-state index in [0.717, 1.165) is 0 Å². The fraction of sp³-hybridized carbons (Fsp3) is 0.812. The van der Waals surface area contributed by atoms with E-state index in [2.05, 4.69) is 10.1 Å². The van der Waals surface area contributed by atoms with E-state index < -0.39 is 23.2 Å². The highest BCUT2D eigenvalue weighted by molar-refractivity contribution is 5.93. The van der Waals surface area contributed by atoms with Gasteiger partial charge in [0.25, 0.3) is 0 Å². The fourth-order valence-corrected chi connectivity index (χ4v) is 2.73. The molecule has 0 aromatic heterocycles. The zero-order valence-electron chi connectivity index (χ0n) is 15.0. The van der Waals surface area contributed by atoms with Crippen molar-refractivity contribution in [1.29, 1.82) is 0 Å². The molecule has 0 heterocycles. The molecule has 0 aromatic rings. The van der Waals surface area contributed by atoms with Gasteiger partial charge in [-0.3, -0.25) is 9.59 Å². The summed E-state index contributed by atoms with van der Waals surface area (Å²) in [4.78, 5) is 37.8. The van der Waals surface area contributed by atoms with Gasteiger partial charge in [0.2, 0.25) is 5.91 Å². The van der Waals surface area contributed by atoms with Gasteiger partial charge in [0, 0.05) is 13.2 Å². The van der Waals surface area contributed by atoms with E-state index in [4.69, 9.17) is 4.74 Å². The zero-order valence-corrected chi connectivity index (χ0v) is 15.0. The molecule has 24 heavy (non-hydrogen) atoms. The number of aliphatic hydroxyl groups excluding tert-OH is 1. The van der Waals surface area contributed by atoms with E-state index in [9.17, 15) is 19.5 Å². The standard InChI is InChI=1S/C16H28N2O6/c1-6-18(9-12(20)23-5)13(21)16(7-11(8-16)10-19)17-14(22)24-15(2,3)4/h11,19H,6-10H2,1-5H3,(H,17,22). The number of hydrogen-bond acceptors (Lipinski definition) is 6. The molecule has 1 aliphatic rings. The van der Waals surface area contributed by atoms with Crippen molar-refractivity contribution in [3.63, 3.8) is 0 Å². The monoisotopic (exact) mass is 344 g/mol. The third kappa shape index (κ3) is 5.09. The van der Waals surface area contributed by atoms with E-state index in [1.807, 2.05) is 0 Å². The number of rotatable bonds is 6. The molecule has 0 radical (unpaired) electrons. The van der Waals surface area contributed by atoms with Gasteiger partial charge in [-0.15, -0.1) is 0 Å². The second-order valence-corrected chi connectivity index (χ2v) is 7.06. The molecule has 138 valence electrons. The third-order valence-corrected chi connectivity index (χ3v) is 3.90. The quantitative estimate of drug-likeness (QED) is 0.686. The highest BCUT2D eigenvalue weighted by Gasteiger charge is 2.53. The summed E-state index contributed by atoms with van der Waals surface area (Å²) in [6.45, 7) is 6.98. The van der Waals surface area contributed by atoms with E-state index in [1.54, 1.807) is 27.7 Å². The number of esters is 1. The molecule has 0 saturated heterocycles. The summed E-state index contributed by atoms with van der Waals surface area (Å²) < 4.78 is 9.83. The summed E-state index contributed by atoms with van der Waals surface area (Å²) >= 11 is 0. The van der Waals surface area contributed by atoms with Crippen molar-refractivity contribution in [3.05, 3.63) is 0 Å². The van der Waals surface area contributed by atoms with E-state index in [0.29, 0.717) is 19.4 Å². The van der Waals surface area contributed by atoms with Crippen molar-refractivity contribution in [2.45, 2.75) is 51.7 Å². The van der Waals surface area contributed by atoms with Gasteiger partial charge >= 0.3 is 12.1 Å². The number of nitrogens with zero attached hydrogens (tertiary/aromatic N) is 1. The Morgan fingerprint density at radius 2 is 1.88 bits per heavy atom. The molecule has 1 saturated carbocycles. The van der Waals surface area contributed by atoms with Crippen molar-refractivity contribution < 1.29 is 29.0 Å². The number of hydrogen-bond donors (Lipinski definition) is 2. The molecular formula is C16H28N2O6. The Balaban J connectivity index is 2.88. The van der Waals surface area contributed by atoms with Gasteiger partial charge in [-0.05, 0) is 46.5 Å². The molecule has 0 spiro atoms. The second-order valence-electron chi connectivity index (χ2n) is 7.06. The minimum atomic E-state index is -1.15. The van der Waals surface area contributed by atoms with Gasteiger partial charge in [0.05, 0.1) is 7.11 Å². The lowest BCUT2D eigenvalue weighted by Crippen LogP contribution is -2.67. The highest BCUT2D eigenvalue weighted by Crippen LogP contribution is 2.39. The van der Waals surface area contributed by atoms with Crippen LogP contribution in [0, 0.1) is 5.92 Å². The van der Waals surface area contributed by atoms with Crippen molar-refractivity contribution in [2.75, 3.05) is 26.8 Å². The average molecular weight is 344 g/mol. The molecule has 0 atom stereocenters. The van der Waals surface area contributed by atoms with Gasteiger partial charge in [-0.2, -0.15) is 0 Å². The molecule has 1 aliphatic carbocycles. The molecule has 1 fully saturated rings. The first-order chi connectivity index (χ1) is 11.1. The first-order valence-corrected chi connectivity index (χ1v) is 8.05. The van der Waals surface area contributed by atoms with Crippen LogP contribution in [0.15, 0.2) is 0 Å². The van der Waals surface area contributed by atoms with E-state index >= 15 is 0 Å². The fourth-order valence-electron chi connectivity index (χ4n) is 2.73. The summed E-state index contributed by atoms with van der Waals surface area (Å²) in [5.41, 5.74) is -1.84. The third-order valence-electron chi connectivity index (χ3n) is 3.90. The van der Waals surface area contributed by atoms with Crippen LogP contribution in [-0.4, -0.2) is 65.9 Å². The van der Waals surface area contributed by atoms with Crippen LogP contribution in [0.5, 0.6) is 0 Å². The Morgan fingerprint density at radius 3 is 2.29 bits per heavy atom. The Kier molecular flexibility index (Phi) is 6.59. The van der Waals surface area contributed by atoms with Gasteiger partial charge in [0.15, 0.2) is 0 Å². The lowest BCUT2D eigenvalue weighted by molar-refractivity contribution is -0.153. The van der Waals surface area contributed by atoms with Crippen LogP contribution in [0.25, 0.3) is 0 Å². The molecule has 2 N–H and O–H groups in total. The molecule has 8 nitrogen and oxygen atoms in total. The van der Waals surface area contributed by atoms with Crippen molar-refractivity contribution in [2.24, 2.45) is 5.92 Å². The van der Waals surface area contributed by atoms with Gasteiger partial charge < -0.3 is 24.8 Å². The van der Waals surface area contributed by atoms with Crippen molar-refractivity contribution in [1.82, 2.24) is 10.2 Å². The largest absolute Gasteiger partial charge is 0.468 e. The smallest absolute Gasteiger partial charge is 0.408 e. The van der Waals surface area contributed by atoms with Crippen LogP contribution in [-0.2, 0) is 19.1 Å². The first kappa shape index (κ1) is 20.2. The maximum atomic E-state index is 12.9. The molecule has 8 heteroatoms. The van der Waals surface area contributed by atoms with E-state index in [1.165, 1.54) is 12.0 Å². The Bertz CT molecular complexity index is 479. The number of ether oxygens (including phenoxy) is 2. The van der Waals surface area contributed by atoms with Crippen molar-refractivity contribution in [3.8, 4) is 0 Å². The SMILES string of the molecule is CCN(CC(=O)OC)C(=O)C1(NC(=O)OC(C)(C)C)CC(CO)C1. The predicted octanol–water partition coefficient (Wildman–Crippen LogP) is 0.674. The molecule has 0 bridgehead atoms. The van der Waals surface area contributed by atoms with Crippen LogP contribution in [0.1, 0.15) is 40.5 Å². The van der Waals surface area contributed by atoms with Crippen LogP contribution >= 0.6 is 0 Å². The number of nitrogens with one attached hydrogen (secondary N) is 1. The highest BCUT2D eigenvalue weighted by atomic mass is 16.6.